The van der Waals surface area contributed by atoms with Crippen molar-refractivity contribution in [3.63, 3.8) is 0 Å². The molecule has 2 aromatic carbocycles. The Morgan fingerprint density at radius 3 is 2.44 bits per heavy atom. The summed E-state index contributed by atoms with van der Waals surface area (Å²) in [4.78, 5) is 26.0. The third kappa shape index (κ3) is 5.27. The molecule has 3 aromatic rings. The molecule has 1 aromatic heterocycles. The van der Waals surface area contributed by atoms with E-state index in [1.807, 2.05) is 7.05 Å². The van der Waals surface area contributed by atoms with Crippen molar-refractivity contribution in [3.05, 3.63) is 92.7 Å². The van der Waals surface area contributed by atoms with E-state index in [0.29, 0.717) is 21.2 Å². The molecule has 1 saturated heterocycles. The first-order valence-corrected chi connectivity index (χ1v) is 13.5. The number of fused-ring (bicyclic) bond motifs is 1. The van der Waals surface area contributed by atoms with Crippen molar-refractivity contribution >= 4 is 29.1 Å². The molecule has 2 aliphatic rings. The summed E-state index contributed by atoms with van der Waals surface area (Å²) in [6, 6.07) is 9.38. The molecule has 2 atom stereocenters. The number of benzene rings is 2. The Labute approximate surface area is 236 Å². The van der Waals surface area contributed by atoms with Crippen LogP contribution in [-0.2, 0) is 17.0 Å². The van der Waals surface area contributed by atoms with Gasteiger partial charge in [-0.15, -0.1) is 0 Å². The van der Waals surface area contributed by atoms with Gasteiger partial charge in [-0.25, -0.2) is 14.4 Å². The molecule has 1 amide bonds. The number of hydrogen-bond acceptors (Lipinski definition) is 7. The molecular weight excluding hydrogens is 546 g/mol. The second kappa shape index (κ2) is 11.4. The molecule has 39 heavy (non-hydrogen) atoms. The minimum atomic E-state index is -1.75. The number of piperidine rings is 1. The Morgan fingerprint density at radius 2 is 1.79 bits per heavy atom. The molecule has 3 heterocycles. The lowest BCUT2D eigenvalue weighted by molar-refractivity contribution is -0.121. The fourth-order valence-corrected chi connectivity index (χ4v) is 5.72. The first-order valence-electron chi connectivity index (χ1n) is 12.7. The summed E-state index contributed by atoms with van der Waals surface area (Å²) in [5.41, 5.74) is -0.908. The van der Waals surface area contributed by atoms with Gasteiger partial charge in [0.25, 0.3) is 5.91 Å². The predicted molar refractivity (Wildman–Crippen MR) is 144 cm³/mol. The second-order valence-corrected chi connectivity index (χ2v) is 10.8. The number of hydrogen-bond donors (Lipinski definition) is 2. The van der Waals surface area contributed by atoms with Crippen LogP contribution in [0, 0.1) is 11.7 Å². The maximum atomic E-state index is 16.3. The summed E-state index contributed by atoms with van der Waals surface area (Å²) in [7, 11) is 2.03. The highest BCUT2D eigenvalue weighted by atomic mass is 35.5. The van der Waals surface area contributed by atoms with Gasteiger partial charge in [0, 0.05) is 23.0 Å². The van der Waals surface area contributed by atoms with Gasteiger partial charge in [-0.3, -0.25) is 9.69 Å². The van der Waals surface area contributed by atoms with Crippen molar-refractivity contribution in [3.8, 4) is 0 Å². The van der Waals surface area contributed by atoms with Crippen molar-refractivity contribution < 1.29 is 24.1 Å². The van der Waals surface area contributed by atoms with Crippen LogP contribution in [-0.4, -0.2) is 69.2 Å². The molecule has 2 aliphatic heterocycles. The molecule has 5 rings (SSSR count). The first kappa shape index (κ1) is 27.9. The van der Waals surface area contributed by atoms with Gasteiger partial charge in [-0.05, 0) is 68.7 Å². The van der Waals surface area contributed by atoms with Gasteiger partial charge >= 0.3 is 0 Å². The van der Waals surface area contributed by atoms with Gasteiger partial charge in [-0.2, -0.15) is 0 Å². The van der Waals surface area contributed by atoms with E-state index < -0.39 is 23.6 Å². The molecule has 0 saturated carbocycles. The molecule has 0 aliphatic carbocycles. The standard InChI is InChI=1S/C28H29Cl2FN4O4/c1-34-8-6-17(7-9-34)26(37)18-12-22-25(23(31)13-18)28(39-11-10-36,19-2-4-20(29)5-3-19)35(27(22)38)16-24-32-14-21(30)15-33-24/h2-5,12-15,17,26,36-37H,6-11,16H2,1H3/t26-,28+/m0/s1. The Bertz CT molecular complexity index is 1340. The van der Waals surface area contributed by atoms with Crippen molar-refractivity contribution in [1.29, 1.82) is 0 Å². The number of carbonyl (C=O) groups is 1. The number of likely N-dealkylation sites (tertiary alicyclic amines) is 1. The number of carbonyl (C=O) groups excluding carboxylic acids is 1. The van der Waals surface area contributed by atoms with E-state index in [-0.39, 0.29) is 42.6 Å². The number of ether oxygens (including phenoxy) is 1. The average molecular weight is 575 g/mol. The van der Waals surface area contributed by atoms with Crippen LogP contribution in [0.15, 0.2) is 48.8 Å². The van der Waals surface area contributed by atoms with E-state index in [1.165, 1.54) is 23.4 Å². The lowest BCUT2D eigenvalue weighted by Gasteiger charge is -2.39. The minimum absolute atomic E-state index is 0.00318. The Morgan fingerprint density at radius 1 is 1.13 bits per heavy atom. The number of aliphatic hydroxyl groups is 2. The quantitative estimate of drug-likeness (QED) is 0.416. The maximum Gasteiger partial charge on any atom is 0.257 e. The van der Waals surface area contributed by atoms with Crippen molar-refractivity contribution in [2.45, 2.75) is 31.2 Å². The fraction of sp³-hybridized carbons (Fsp3) is 0.393. The van der Waals surface area contributed by atoms with Crippen molar-refractivity contribution in [2.75, 3.05) is 33.4 Å². The monoisotopic (exact) mass is 574 g/mol. The van der Waals surface area contributed by atoms with Crippen LogP contribution < -0.4 is 0 Å². The van der Waals surface area contributed by atoms with Crippen LogP contribution in [0.1, 0.15) is 51.8 Å². The topological polar surface area (TPSA) is 99.0 Å². The Kier molecular flexibility index (Phi) is 8.19. The molecule has 0 radical (unpaired) electrons. The number of rotatable bonds is 8. The van der Waals surface area contributed by atoms with E-state index >= 15 is 4.39 Å². The van der Waals surface area contributed by atoms with Crippen LogP contribution in [0.2, 0.25) is 10.0 Å². The minimum Gasteiger partial charge on any atom is -0.394 e. The third-order valence-electron chi connectivity index (χ3n) is 7.47. The van der Waals surface area contributed by atoms with Gasteiger partial charge in [-0.1, -0.05) is 35.3 Å². The van der Waals surface area contributed by atoms with Crippen LogP contribution in [0.4, 0.5) is 4.39 Å². The molecular formula is C28H29Cl2FN4O4. The number of nitrogens with zero attached hydrogens (tertiary/aromatic N) is 4. The highest BCUT2D eigenvalue weighted by Crippen LogP contribution is 2.48. The lowest BCUT2D eigenvalue weighted by Crippen LogP contribution is -2.47. The largest absolute Gasteiger partial charge is 0.394 e. The second-order valence-electron chi connectivity index (χ2n) is 9.94. The highest BCUT2D eigenvalue weighted by molar-refractivity contribution is 6.30. The van der Waals surface area contributed by atoms with E-state index in [9.17, 15) is 15.0 Å². The number of aliphatic hydroxyl groups excluding tert-OH is 2. The highest BCUT2D eigenvalue weighted by Gasteiger charge is 2.54. The van der Waals surface area contributed by atoms with Crippen LogP contribution >= 0.6 is 23.2 Å². The van der Waals surface area contributed by atoms with Gasteiger partial charge < -0.3 is 19.8 Å². The van der Waals surface area contributed by atoms with Crippen molar-refractivity contribution in [2.24, 2.45) is 5.92 Å². The maximum absolute atomic E-state index is 16.3. The van der Waals surface area contributed by atoms with Gasteiger partial charge in [0.15, 0.2) is 5.72 Å². The molecule has 206 valence electrons. The van der Waals surface area contributed by atoms with Crippen LogP contribution in [0.25, 0.3) is 0 Å². The summed E-state index contributed by atoms with van der Waals surface area (Å²) in [6.07, 6.45) is 3.42. The average Bonchev–Trinajstić information content (AvgIpc) is 3.17. The van der Waals surface area contributed by atoms with Gasteiger partial charge in [0.05, 0.1) is 42.0 Å². The molecule has 0 spiro atoms. The van der Waals surface area contributed by atoms with Gasteiger partial charge in [0.2, 0.25) is 0 Å². The Balaban J connectivity index is 1.65. The zero-order valence-electron chi connectivity index (χ0n) is 21.4. The molecule has 11 heteroatoms. The normalized spacial score (nSPS) is 20.9. The summed E-state index contributed by atoms with van der Waals surface area (Å²) >= 11 is 12.1. The third-order valence-corrected chi connectivity index (χ3v) is 7.92. The predicted octanol–water partition coefficient (Wildman–Crippen LogP) is 4.16. The molecule has 0 bridgehead atoms. The molecule has 1 fully saturated rings. The number of aromatic nitrogens is 2. The summed E-state index contributed by atoms with van der Waals surface area (Å²) in [5, 5.41) is 21.7. The zero-order valence-corrected chi connectivity index (χ0v) is 22.9. The lowest BCUT2D eigenvalue weighted by atomic mass is 9.85. The zero-order chi connectivity index (χ0) is 27.7. The number of halogens is 3. The molecule has 0 unspecified atom stereocenters. The fourth-order valence-electron chi connectivity index (χ4n) is 5.50. The first-order chi connectivity index (χ1) is 18.7. The van der Waals surface area contributed by atoms with Crippen molar-refractivity contribution in [1.82, 2.24) is 19.8 Å². The smallest absolute Gasteiger partial charge is 0.257 e. The van der Waals surface area contributed by atoms with E-state index in [0.717, 1.165) is 25.9 Å². The number of amides is 1. The summed E-state index contributed by atoms with van der Waals surface area (Å²) in [6.45, 7) is 0.978. The Hall–Kier alpha value is -2.66. The van der Waals surface area contributed by atoms with Crippen LogP contribution in [0.3, 0.4) is 0 Å². The summed E-state index contributed by atoms with van der Waals surface area (Å²) in [5.74, 6) is -1.01. The molecule has 2 N–H and O–H groups in total. The SMILES string of the molecule is CN1CCC([C@H](O)c2cc(F)c3c(c2)C(=O)N(Cc2ncc(Cl)cn2)[C@@]3(OCCO)c2ccc(Cl)cc2)CC1. The van der Waals surface area contributed by atoms with Gasteiger partial charge in [0.1, 0.15) is 11.6 Å². The molecule has 8 nitrogen and oxygen atoms in total. The van der Waals surface area contributed by atoms with E-state index in [2.05, 4.69) is 14.9 Å². The van der Waals surface area contributed by atoms with E-state index in [4.69, 9.17) is 27.9 Å². The van der Waals surface area contributed by atoms with E-state index in [1.54, 1.807) is 30.3 Å². The van der Waals surface area contributed by atoms with Crippen LogP contribution in [0.5, 0.6) is 0 Å². The summed E-state index contributed by atoms with van der Waals surface area (Å²) < 4.78 is 22.5.